The van der Waals surface area contributed by atoms with Gasteiger partial charge in [0.05, 0.1) is 25.4 Å². The number of amides is 1. The molecule has 0 saturated carbocycles. The Kier molecular flexibility index (Phi) is 71.9. The molecule has 0 aliphatic rings. The first-order valence-electron chi connectivity index (χ1n) is 38.2. The van der Waals surface area contributed by atoms with Crippen LogP contribution in [-0.4, -0.2) is 47.4 Å². The fourth-order valence-electron chi connectivity index (χ4n) is 12.1. The fourth-order valence-corrected chi connectivity index (χ4v) is 12.1. The maximum Gasteiger partial charge on any atom is 0.305 e. The van der Waals surface area contributed by atoms with Gasteiger partial charge in [-0.15, -0.1) is 0 Å². The van der Waals surface area contributed by atoms with Crippen LogP contribution in [0.1, 0.15) is 425 Å². The lowest BCUT2D eigenvalue weighted by Crippen LogP contribution is -2.45. The number of nitrogens with one attached hydrogen (secondary N) is 1. The Balaban J connectivity index is 3.33. The van der Waals surface area contributed by atoms with Crippen molar-refractivity contribution in [2.75, 3.05) is 13.2 Å². The molecule has 0 aromatic rings. The zero-order chi connectivity index (χ0) is 60.6. The first kappa shape index (κ1) is 82.1. The summed E-state index contributed by atoms with van der Waals surface area (Å²) in [5.74, 6) is -0.0135. The lowest BCUT2D eigenvalue weighted by atomic mass is 10.0. The van der Waals surface area contributed by atoms with Crippen molar-refractivity contribution in [3.63, 3.8) is 0 Å². The average molecular weight is 1180 g/mol. The summed E-state index contributed by atoms with van der Waals surface area (Å²) in [5, 5.41) is 23.2. The number of esters is 1. The Bertz CT molecular complexity index is 1360. The number of hydrogen-bond donors (Lipinski definition) is 3. The van der Waals surface area contributed by atoms with Crippen LogP contribution in [0.5, 0.6) is 0 Å². The van der Waals surface area contributed by atoms with Crippen molar-refractivity contribution in [3.05, 3.63) is 36.5 Å². The number of rotatable bonds is 72. The molecule has 84 heavy (non-hydrogen) atoms. The Morgan fingerprint density at radius 3 is 0.917 bits per heavy atom. The third kappa shape index (κ3) is 69.2. The Hall–Kier alpha value is -1.92. The molecule has 0 heterocycles. The molecule has 0 aliphatic carbocycles. The maximum atomic E-state index is 12.5. The molecule has 0 radical (unpaired) electrons. The van der Waals surface area contributed by atoms with E-state index in [0.29, 0.717) is 25.9 Å². The monoisotopic (exact) mass is 1180 g/mol. The van der Waals surface area contributed by atoms with E-state index >= 15 is 0 Å². The number of aliphatic hydroxyl groups is 2. The largest absolute Gasteiger partial charge is 0.466 e. The normalized spacial score (nSPS) is 12.7. The number of unbranched alkanes of at least 4 members (excludes halogenated alkanes) is 55. The Labute approximate surface area is 525 Å². The van der Waals surface area contributed by atoms with E-state index in [9.17, 15) is 19.8 Å². The molecule has 6 heteroatoms. The highest BCUT2D eigenvalue weighted by molar-refractivity contribution is 5.76. The van der Waals surface area contributed by atoms with Crippen LogP contribution in [0.2, 0.25) is 0 Å². The van der Waals surface area contributed by atoms with Gasteiger partial charge in [0.15, 0.2) is 0 Å². The van der Waals surface area contributed by atoms with Gasteiger partial charge >= 0.3 is 5.97 Å². The molecule has 0 aliphatic heterocycles. The second-order valence-electron chi connectivity index (χ2n) is 26.3. The van der Waals surface area contributed by atoms with Crippen molar-refractivity contribution in [2.24, 2.45) is 0 Å². The average Bonchev–Trinajstić information content (AvgIpc) is 3.53. The third-order valence-electron chi connectivity index (χ3n) is 17.9. The highest BCUT2D eigenvalue weighted by Crippen LogP contribution is 2.19. The molecule has 0 bridgehead atoms. The summed E-state index contributed by atoms with van der Waals surface area (Å²) in [6, 6.07) is -0.538. The van der Waals surface area contributed by atoms with Gasteiger partial charge in [0.25, 0.3) is 0 Å². The van der Waals surface area contributed by atoms with Gasteiger partial charge in [0.1, 0.15) is 0 Å². The van der Waals surface area contributed by atoms with Crippen LogP contribution >= 0.6 is 0 Å². The molecule has 2 atom stereocenters. The number of carbonyl (C=O) groups excluding carboxylic acids is 2. The van der Waals surface area contributed by atoms with Gasteiger partial charge in [-0.05, 0) is 83.5 Å². The molecular formula is C78H149NO5. The van der Waals surface area contributed by atoms with Crippen molar-refractivity contribution in [1.29, 1.82) is 0 Å². The molecule has 0 rings (SSSR count). The molecule has 3 N–H and O–H groups in total. The lowest BCUT2D eigenvalue weighted by molar-refractivity contribution is -0.143. The number of hydrogen-bond acceptors (Lipinski definition) is 5. The second-order valence-corrected chi connectivity index (χ2v) is 26.3. The predicted molar refractivity (Wildman–Crippen MR) is 370 cm³/mol. The van der Waals surface area contributed by atoms with E-state index in [1.165, 1.54) is 340 Å². The highest BCUT2D eigenvalue weighted by Gasteiger charge is 2.20. The van der Waals surface area contributed by atoms with Gasteiger partial charge in [-0.1, -0.05) is 365 Å². The zero-order valence-electron chi connectivity index (χ0n) is 56.9. The van der Waals surface area contributed by atoms with E-state index in [1.54, 1.807) is 0 Å². The third-order valence-corrected chi connectivity index (χ3v) is 17.9. The van der Waals surface area contributed by atoms with Gasteiger partial charge in [-0.25, -0.2) is 0 Å². The minimum atomic E-state index is -0.660. The standard InChI is InChI=1S/C78H149NO5/c1-3-5-7-9-11-13-15-16-17-41-45-48-52-56-60-64-68-72-78(83)84-73-69-65-61-57-53-49-46-43-40-38-36-34-32-30-28-26-24-22-20-18-19-21-23-25-27-29-31-33-35-37-39-42-44-47-51-55-59-63-67-71-77(82)79-75(74-80)76(81)70-66-62-58-54-50-14-12-10-8-6-4-2/h16-19,22,24,75-76,80-81H,3-15,20-21,23,25-74H2,1-2H3,(H,79,82)/b17-16-,19-18-,24-22-. The summed E-state index contributed by atoms with van der Waals surface area (Å²) in [7, 11) is 0. The summed E-state index contributed by atoms with van der Waals surface area (Å²) in [6.45, 7) is 4.97. The van der Waals surface area contributed by atoms with E-state index in [0.717, 1.165) is 51.4 Å². The van der Waals surface area contributed by atoms with E-state index in [2.05, 4.69) is 55.6 Å². The maximum absolute atomic E-state index is 12.5. The van der Waals surface area contributed by atoms with Gasteiger partial charge in [-0.2, -0.15) is 0 Å². The first-order valence-corrected chi connectivity index (χ1v) is 38.2. The van der Waals surface area contributed by atoms with Crippen molar-refractivity contribution in [3.8, 4) is 0 Å². The van der Waals surface area contributed by atoms with E-state index in [-0.39, 0.29) is 18.5 Å². The van der Waals surface area contributed by atoms with E-state index in [4.69, 9.17) is 4.74 Å². The van der Waals surface area contributed by atoms with Crippen LogP contribution in [0.15, 0.2) is 36.5 Å². The quantitative estimate of drug-likeness (QED) is 0.0320. The van der Waals surface area contributed by atoms with Crippen molar-refractivity contribution < 1.29 is 24.5 Å². The van der Waals surface area contributed by atoms with Crippen LogP contribution in [-0.2, 0) is 14.3 Å². The van der Waals surface area contributed by atoms with E-state index in [1.807, 2.05) is 0 Å². The molecule has 0 saturated heterocycles. The molecule has 2 unspecified atom stereocenters. The topological polar surface area (TPSA) is 95.9 Å². The van der Waals surface area contributed by atoms with Gasteiger partial charge < -0.3 is 20.3 Å². The van der Waals surface area contributed by atoms with Gasteiger partial charge in [0, 0.05) is 12.8 Å². The highest BCUT2D eigenvalue weighted by atomic mass is 16.5. The SMILES string of the molecule is CCCCCCCC/C=C\CCCCCCCCCC(=O)OCCCCCCCCCCCCCCCCC/C=C\C/C=C\CCCCCCCCCCCCCCCCCCCC(=O)NC(CO)C(O)CCCCCCCCCCCCC. The Morgan fingerprint density at radius 1 is 0.333 bits per heavy atom. The van der Waals surface area contributed by atoms with Crippen LogP contribution in [0.4, 0.5) is 0 Å². The van der Waals surface area contributed by atoms with E-state index < -0.39 is 12.1 Å². The number of aliphatic hydroxyl groups excluding tert-OH is 2. The predicted octanol–water partition coefficient (Wildman–Crippen LogP) is 25.0. The summed E-state index contributed by atoms with van der Waals surface area (Å²) in [4.78, 5) is 24.6. The van der Waals surface area contributed by atoms with Gasteiger partial charge in [-0.3, -0.25) is 9.59 Å². The Morgan fingerprint density at radius 2 is 0.595 bits per heavy atom. The van der Waals surface area contributed by atoms with Crippen molar-refractivity contribution in [2.45, 2.75) is 437 Å². The molecule has 0 spiro atoms. The van der Waals surface area contributed by atoms with Crippen molar-refractivity contribution in [1.82, 2.24) is 5.32 Å². The summed E-state index contributed by atoms with van der Waals surface area (Å²) >= 11 is 0. The summed E-state index contributed by atoms with van der Waals surface area (Å²) in [6.07, 6.45) is 95.3. The van der Waals surface area contributed by atoms with Crippen LogP contribution < -0.4 is 5.32 Å². The molecular weight excluding hydrogens is 1030 g/mol. The second kappa shape index (κ2) is 73.5. The number of ether oxygens (including phenoxy) is 1. The number of carbonyl (C=O) groups is 2. The lowest BCUT2D eigenvalue weighted by Gasteiger charge is -2.22. The molecule has 0 fully saturated rings. The fraction of sp³-hybridized carbons (Fsp3) is 0.897. The first-order chi connectivity index (χ1) is 41.5. The van der Waals surface area contributed by atoms with Crippen LogP contribution in [0, 0.1) is 0 Å². The van der Waals surface area contributed by atoms with Crippen LogP contribution in [0.25, 0.3) is 0 Å². The molecule has 496 valence electrons. The zero-order valence-corrected chi connectivity index (χ0v) is 56.9. The number of allylic oxidation sites excluding steroid dienone is 6. The minimum Gasteiger partial charge on any atom is -0.466 e. The molecule has 6 nitrogen and oxygen atoms in total. The summed E-state index contributed by atoms with van der Waals surface area (Å²) < 4.78 is 5.51. The van der Waals surface area contributed by atoms with Crippen molar-refractivity contribution >= 4 is 11.9 Å². The minimum absolute atomic E-state index is 0.0175. The molecule has 1 amide bonds. The molecule has 0 aromatic heterocycles. The molecule has 0 aromatic carbocycles. The summed E-state index contributed by atoms with van der Waals surface area (Å²) in [5.41, 5.74) is 0. The van der Waals surface area contributed by atoms with Gasteiger partial charge in [0.2, 0.25) is 5.91 Å². The van der Waals surface area contributed by atoms with Crippen LogP contribution in [0.3, 0.4) is 0 Å². The smallest absolute Gasteiger partial charge is 0.305 e.